The summed E-state index contributed by atoms with van der Waals surface area (Å²) < 4.78 is 13.8. The summed E-state index contributed by atoms with van der Waals surface area (Å²) in [6.45, 7) is 1.47. The molecule has 0 atom stereocenters. The van der Waals surface area contributed by atoms with Crippen LogP contribution in [0.4, 0.5) is 5.69 Å². The van der Waals surface area contributed by atoms with E-state index in [2.05, 4.69) is 10.3 Å². The number of methoxy groups -OCH3 is 2. The van der Waals surface area contributed by atoms with Gasteiger partial charge in [-0.25, -0.2) is 14.3 Å². The number of para-hydroxylation sites is 1. The van der Waals surface area contributed by atoms with Gasteiger partial charge in [-0.2, -0.15) is 0 Å². The summed E-state index contributed by atoms with van der Waals surface area (Å²) in [5.41, 5.74) is 0.694. The minimum absolute atomic E-state index is 0.182. The Bertz CT molecular complexity index is 1510. The molecule has 9 nitrogen and oxygen atoms in total. The lowest BCUT2D eigenvalue weighted by atomic mass is 10.2. The number of amides is 1. The maximum atomic E-state index is 13.5. The molecule has 0 unspecified atom stereocenters. The second kappa shape index (κ2) is 9.74. The zero-order valence-corrected chi connectivity index (χ0v) is 20.6. The molecule has 0 saturated carbocycles. The van der Waals surface area contributed by atoms with Gasteiger partial charge in [-0.3, -0.25) is 14.2 Å². The number of thiazole rings is 1. The summed E-state index contributed by atoms with van der Waals surface area (Å²) >= 11 is 2.56. The maximum absolute atomic E-state index is 13.5. The number of hydrogen-bond acceptors (Lipinski definition) is 8. The van der Waals surface area contributed by atoms with E-state index in [1.54, 1.807) is 30.3 Å². The second-order valence-corrected chi connectivity index (χ2v) is 9.30. The summed E-state index contributed by atoms with van der Waals surface area (Å²) in [4.78, 5) is 44.3. The highest BCUT2D eigenvalue weighted by Gasteiger charge is 2.21. The zero-order valence-electron chi connectivity index (χ0n) is 18.9. The molecule has 2 heterocycles. The minimum Gasteiger partial charge on any atom is -0.497 e. The van der Waals surface area contributed by atoms with Crippen molar-refractivity contribution < 1.29 is 14.3 Å². The Balaban J connectivity index is 1.83. The summed E-state index contributed by atoms with van der Waals surface area (Å²) in [5.74, 6) is 0.492. The van der Waals surface area contributed by atoms with Gasteiger partial charge < -0.3 is 14.8 Å². The number of thioether (sulfide) groups is 1. The van der Waals surface area contributed by atoms with Crippen molar-refractivity contribution in [2.75, 3.05) is 25.8 Å². The third kappa shape index (κ3) is 4.31. The number of carbonyl (C=O) groups is 1. The van der Waals surface area contributed by atoms with E-state index in [1.165, 1.54) is 41.9 Å². The summed E-state index contributed by atoms with van der Waals surface area (Å²) in [6, 6.07) is 12.1. The number of ether oxygens (including phenoxy) is 2. The molecule has 0 aliphatic carbocycles. The molecule has 0 spiro atoms. The van der Waals surface area contributed by atoms with E-state index in [0.29, 0.717) is 31.9 Å². The number of nitrogens with zero attached hydrogens (tertiary/aromatic N) is 3. The predicted molar refractivity (Wildman–Crippen MR) is 134 cm³/mol. The van der Waals surface area contributed by atoms with Crippen LogP contribution >= 0.6 is 23.1 Å². The van der Waals surface area contributed by atoms with Gasteiger partial charge >= 0.3 is 5.69 Å². The molecule has 0 saturated heterocycles. The quantitative estimate of drug-likeness (QED) is 0.390. The van der Waals surface area contributed by atoms with E-state index in [4.69, 9.17) is 9.47 Å². The van der Waals surface area contributed by atoms with Gasteiger partial charge in [0.2, 0.25) is 5.91 Å². The standard InChI is InChI=1S/C23H22N4O5S2/c1-13-7-5-6-8-16(13)27-21(29)19-20(25-22(33-4)34-19)26(23(27)30)12-18(28)24-15-11-14(31-2)9-10-17(15)32-3/h5-11H,12H2,1-4H3,(H,24,28). The van der Waals surface area contributed by atoms with E-state index in [0.717, 1.165) is 10.1 Å². The van der Waals surface area contributed by atoms with Crippen LogP contribution in [0.25, 0.3) is 16.0 Å². The third-order valence-electron chi connectivity index (χ3n) is 5.18. The highest BCUT2D eigenvalue weighted by atomic mass is 32.2. The topological polar surface area (TPSA) is 104 Å². The molecule has 0 fully saturated rings. The molecule has 1 N–H and O–H groups in total. The molecule has 34 heavy (non-hydrogen) atoms. The second-order valence-electron chi connectivity index (χ2n) is 7.25. The van der Waals surface area contributed by atoms with E-state index < -0.39 is 17.2 Å². The van der Waals surface area contributed by atoms with Gasteiger partial charge in [0, 0.05) is 6.07 Å². The average molecular weight is 499 g/mol. The Morgan fingerprint density at radius 1 is 1.15 bits per heavy atom. The lowest BCUT2D eigenvalue weighted by Crippen LogP contribution is -2.40. The number of aromatic nitrogens is 3. The lowest BCUT2D eigenvalue weighted by Gasteiger charge is -2.14. The molecule has 0 aliphatic heterocycles. The van der Waals surface area contributed by atoms with Crippen molar-refractivity contribution in [2.45, 2.75) is 17.8 Å². The van der Waals surface area contributed by atoms with Crippen LogP contribution in [0.1, 0.15) is 5.56 Å². The van der Waals surface area contributed by atoms with Crippen molar-refractivity contribution >= 4 is 45.0 Å². The number of benzene rings is 2. The average Bonchev–Trinajstić information content (AvgIpc) is 3.28. The van der Waals surface area contributed by atoms with Crippen molar-refractivity contribution in [1.82, 2.24) is 14.1 Å². The van der Waals surface area contributed by atoms with Crippen LogP contribution in [0, 0.1) is 6.92 Å². The zero-order chi connectivity index (χ0) is 24.4. The van der Waals surface area contributed by atoms with Gasteiger partial charge in [0.25, 0.3) is 5.56 Å². The van der Waals surface area contributed by atoms with E-state index in [9.17, 15) is 14.4 Å². The van der Waals surface area contributed by atoms with E-state index >= 15 is 0 Å². The molecular weight excluding hydrogens is 476 g/mol. The van der Waals surface area contributed by atoms with Crippen molar-refractivity contribution in [2.24, 2.45) is 0 Å². The summed E-state index contributed by atoms with van der Waals surface area (Å²) in [7, 11) is 3.01. The predicted octanol–water partition coefficient (Wildman–Crippen LogP) is 3.30. The molecule has 1 amide bonds. The van der Waals surface area contributed by atoms with E-state index in [1.807, 2.05) is 25.3 Å². The number of anilines is 1. The van der Waals surface area contributed by atoms with Crippen molar-refractivity contribution in [3.05, 3.63) is 68.9 Å². The Hall–Kier alpha value is -3.57. The summed E-state index contributed by atoms with van der Waals surface area (Å²) in [5, 5.41) is 2.76. The fraction of sp³-hybridized carbons (Fsp3) is 0.217. The smallest absolute Gasteiger partial charge is 0.337 e. The number of hydrogen-bond donors (Lipinski definition) is 1. The molecule has 11 heteroatoms. The molecule has 4 aromatic rings. The van der Waals surface area contributed by atoms with Crippen LogP contribution < -0.4 is 26.0 Å². The molecule has 0 bridgehead atoms. The maximum Gasteiger partial charge on any atom is 0.337 e. The number of carbonyl (C=O) groups excluding carboxylic acids is 1. The monoisotopic (exact) mass is 498 g/mol. The largest absolute Gasteiger partial charge is 0.497 e. The van der Waals surface area contributed by atoms with Crippen molar-refractivity contribution in [1.29, 1.82) is 0 Å². The Morgan fingerprint density at radius 2 is 1.91 bits per heavy atom. The molecule has 176 valence electrons. The lowest BCUT2D eigenvalue weighted by molar-refractivity contribution is -0.116. The van der Waals surface area contributed by atoms with Crippen molar-refractivity contribution in [3.8, 4) is 17.2 Å². The first-order valence-electron chi connectivity index (χ1n) is 10.2. The van der Waals surface area contributed by atoms with Crippen LogP contribution in [0.15, 0.2) is 56.4 Å². The molecule has 2 aromatic carbocycles. The Morgan fingerprint density at radius 3 is 2.59 bits per heavy atom. The van der Waals surface area contributed by atoms with E-state index in [-0.39, 0.29) is 12.2 Å². The van der Waals surface area contributed by atoms with Crippen LogP contribution in [0.5, 0.6) is 11.5 Å². The fourth-order valence-electron chi connectivity index (χ4n) is 3.52. The van der Waals surface area contributed by atoms with Crippen LogP contribution in [0.3, 0.4) is 0 Å². The van der Waals surface area contributed by atoms with Gasteiger partial charge in [-0.05, 0) is 36.9 Å². The summed E-state index contributed by atoms with van der Waals surface area (Å²) in [6.07, 6.45) is 1.84. The Kier molecular flexibility index (Phi) is 6.75. The number of fused-ring (bicyclic) bond motifs is 1. The first-order valence-corrected chi connectivity index (χ1v) is 12.2. The first-order chi connectivity index (χ1) is 16.4. The van der Waals surface area contributed by atoms with Gasteiger partial charge in [0.15, 0.2) is 9.99 Å². The van der Waals surface area contributed by atoms with Crippen LogP contribution in [-0.4, -0.2) is 40.5 Å². The third-order valence-corrected chi connectivity index (χ3v) is 7.20. The van der Waals surface area contributed by atoms with Gasteiger partial charge in [0.1, 0.15) is 22.7 Å². The Labute approximate surface area is 203 Å². The first kappa shape index (κ1) is 23.6. The fourth-order valence-corrected chi connectivity index (χ4v) is 5.01. The molecule has 0 radical (unpaired) electrons. The molecule has 0 aliphatic rings. The van der Waals surface area contributed by atoms with Crippen molar-refractivity contribution in [3.63, 3.8) is 0 Å². The minimum atomic E-state index is -0.641. The normalized spacial score (nSPS) is 10.9. The van der Waals surface area contributed by atoms with Gasteiger partial charge in [0.05, 0.1) is 25.6 Å². The SMILES string of the molecule is COc1ccc(OC)c(NC(=O)Cn2c(=O)n(-c3ccccc3C)c(=O)c3sc(SC)nc32)c1. The number of aryl methyl sites for hydroxylation is 1. The van der Waals surface area contributed by atoms with Crippen LogP contribution in [-0.2, 0) is 11.3 Å². The molecule has 4 rings (SSSR count). The highest BCUT2D eigenvalue weighted by Crippen LogP contribution is 2.29. The molecular formula is C23H22N4O5S2. The number of rotatable bonds is 7. The molecule has 2 aromatic heterocycles. The van der Waals surface area contributed by atoms with Crippen LogP contribution in [0.2, 0.25) is 0 Å². The van der Waals surface area contributed by atoms with Gasteiger partial charge in [-0.15, -0.1) is 11.3 Å². The van der Waals surface area contributed by atoms with Gasteiger partial charge in [-0.1, -0.05) is 30.0 Å². The number of nitrogens with one attached hydrogen (secondary N) is 1. The highest BCUT2D eigenvalue weighted by molar-refractivity contribution is 8.00.